The normalized spacial score (nSPS) is 25.5. The van der Waals surface area contributed by atoms with E-state index in [1.54, 1.807) is 7.11 Å². The topological polar surface area (TPSA) is 42.8 Å². The summed E-state index contributed by atoms with van der Waals surface area (Å²) in [6.07, 6.45) is 1.27. The minimum Gasteiger partial charge on any atom is -0.381 e. The monoisotopic (exact) mass is 277 g/mol. The van der Waals surface area contributed by atoms with Crippen molar-refractivity contribution in [3.8, 4) is 0 Å². The van der Waals surface area contributed by atoms with Gasteiger partial charge in [-0.15, -0.1) is 0 Å². The highest BCUT2D eigenvalue weighted by molar-refractivity contribution is 7.71. The van der Waals surface area contributed by atoms with Gasteiger partial charge in [-0.25, -0.2) is 4.98 Å². The molecule has 19 heavy (non-hydrogen) atoms. The van der Waals surface area contributed by atoms with E-state index in [1.165, 1.54) is 0 Å². The predicted molar refractivity (Wildman–Crippen MR) is 77.9 cm³/mol. The Hall–Kier alpha value is -1.20. The molecule has 2 unspecified atom stereocenters. The van der Waals surface area contributed by atoms with Gasteiger partial charge in [0.2, 0.25) is 0 Å². The van der Waals surface area contributed by atoms with Gasteiger partial charge in [0.15, 0.2) is 10.4 Å². The lowest BCUT2D eigenvalue weighted by molar-refractivity contribution is -0.112. The quantitative estimate of drug-likeness (QED) is 0.856. The van der Waals surface area contributed by atoms with Gasteiger partial charge >= 0.3 is 0 Å². The van der Waals surface area contributed by atoms with Crippen LogP contribution in [0, 0.1) is 17.1 Å². The van der Waals surface area contributed by atoms with Crippen LogP contribution in [0.1, 0.15) is 32.0 Å². The molecule has 2 atom stereocenters. The second kappa shape index (κ2) is 4.15. The molecule has 1 fully saturated rings. The van der Waals surface area contributed by atoms with Gasteiger partial charge in [0.05, 0.1) is 11.6 Å². The van der Waals surface area contributed by atoms with Crippen LogP contribution < -0.4 is 0 Å². The Balaban J connectivity index is 2.14. The molecule has 4 nitrogen and oxygen atoms in total. The molecule has 0 aliphatic heterocycles. The van der Waals surface area contributed by atoms with Crippen molar-refractivity contribution in [2.45, 2.75) is 39.3 Å². The van der Waals surface area contributed by atoms with Gasteiger partial charge in [0.25, 0.3) is 0 Å². The van der Waals surface area contributed by atoms with Gasteiger partial charge in [0.1, 0.15) is 0 Å². The highest BCUT2D eigenvalue weighted by Crippen LogP contribution is 2.51. The Morgan fingerprint density at radius 1 is 1.47 bits per heavy atom. The maximum Gasteiger partial charge on any atom is 0.179 e. The van der Waals surface area contributed by atoms with Crippen LogP contribution in [0.4, 0.5) is 0 Å². The minimum atomic E-state index is 0.0769. The zero-order valence-corrected chi connectivity index (χ0v) is 12.5. The van der Waals surface area contributed by atoms with Gasteiger partial charge in [0, 0.05) is 24.3 Å². The maximum absolute atomic E-state index is 5.53. The fraction of sp³-hybridized carbons (Fsp3) is 0.571. The summed E-state index contributed by atoms with van der Waals surface area (Å²) in [6.45, 7) is 6.46. The summed E-state index contributed by atoms with van der Waals surface area (Å²) < 4.78 is 8.44. The van der Waals surface area contributed by atoms with E-state index in [1.807, 2.05) is 19.1 Å². The standard InChI is InChI=1S/C14H19N3OS/c1-8-5-6-9-12(15-8)17(13(19)16-9)10-7-11(18-4)14(10,2)3/h5-6,10-11H,7H2,1-4H3,(H,16,19). The van der Waals surface area contributed by atoms with E-state index >= 15 is 0 Å². The van der Waals surface area contributed by atoms with Crippen LogP contribution in [0.15, 0.2) is 12.1 Å². The molecule has 0 bridgehead atoms. The third kappa shape index (κ3) is 1.75. The molecule has 0 amide bonds. The number of pyridine rings is 1. The van der Waals surface area contributed by atoms with Gasteiger partial charge < -0.3 is 9.72 Å². The molecule has 3 rings (SSSR count). The number of nitrogens with one attached hydrogen (secondary N) is 1. The number of hydrogen-bond acceptors (Lipinski definition) is 3. The molecule has 0 spiro atoms. The lowest BCUT2D eigenvalue weighted by Crippen LogP contribution is -2.51. The van der Waals surface area contributed by atoms with Crippen molar-refractivity contribution in [1.82, 2.24) is 14.5 Å². The molecule has 2 aromatic heterocycles. The molecule has 1 aliphatic carbocycles. The number of H-pyrrole nitrogens is 1. The summed E-state index contributed by atoms with van der Waals surface area (Å²) in [4.78, 5) is 7.89. The summed E-state index contributed by atoms with van der Waals surface area (Å²) in [5.74, 6) is 0. The van der Waals surface area contributed by atoms with Gasteiger partial charge in [-0.05, 0) is 37.7 Å². The third-order valence-electron chi connectivity index (χ3n) is 4.43. The van der Waals surface area contributed by atoms with Crippen molar-refractivity contribution >= 4 is 23.4 Å². The van der Waals surface area contributed by atoms with Gasteiger partial charge in [-0.3, -0.25) is 4.57 Å². The molecule has 5 heteroatoms. The maximum atomic E-state index is 5.53. The molecule has 1 saturated carbocycles. The minimum absolute atomic E-state index is 0.0769. The second-order valence-corrected chi connectivity index (χ2v) is 6.31. The Bertz CT molecular complexity index is 686. The van der Waals surface area contributed by atoms with E-state index in [0.717, 1.165) is 28.0 Å². The first-order valence-electron chi connectivity index (χ1n) is 6.56. The first-order valence-corrected chi connectivity index (χ1v) is 6.96. The molecule has 102 valence electrons. The van der Waals surface area contributed by atoms with Crippen LogP contribution in [-0.2, 0) is 4.74 Å². The molecular weight excluding hydrogens is 258 g/mol. The zero-order chi connectivity index (χ0) is 13.8. The van der Waals surface area contributed by atoms with Gasteiger partial charge in [-0.2, -0.15) is 0 Å². The summed E-state index contributed by atoms with van der Waals surface area (Å²) in [5.41, 5.74) is 3.05. The number of aromatic nitrogens is 3. The highest BCUT2D eigenvalue weighted by Gasteiger charge is 2.50. The Morgan fingerprint density at radius 3 is 2.84 bits per heavy atom. The molecule has 0 aromatic carbocycles. The van der Waals surface area contributed by atoms with Crippen molar-refractivity contribution in [1.29, 1.82) is 0 Å². The molecule has 0 saturated heterocycles. The fourth-order valence-corrected chi connectivity index (χ4v) is 3.41. The molecule has 2 heterocycles. The number of fused-ring (bicyclic) bond motifs is 1. The van der Waals surface area contributed by atoms with Crippen LogP contribution in [0.5, 0.6) is 0 Å². The van der Waals surface area contributed by atoms with Crippen molar-refractivity contribution in [3.63, 3.8) is 0 Å². The molecule has 1 N–H and O–H groups in total. The van der Waals surface area contributed by atoms with Crippen LogP contribution in [0.3, 0.4) is 0 Å². The van der Waals surface area contributed by atoms with E-state index in [-0.39, 0.29) is 11.5 Å². The molecule has 2 aromatic rings. The predicted octanol–water partition coefficient (Wildman–Crippen LogP) is 3.39. The number of aromatic amines is 1. The SMILES string of the molecule is COC1CC(n2c(=S)[nH]c3ccc(C)nc32)C1(C)C. The summed E-state index contributed by atoms with van der Waals surface area (Å²) in [6, 6.07) is 4.39. The smallest absolute Gasteiger partial charge is 0.179 e. The zero-order valence-electron chi connectivity index (χ0n) is 11.7. The number of ether oxygens (including phenoxy) is 1. The number of imidazole rings is 1. The first kappa shape index (κ1) is 12.8. The number of hydrogen-bond donors (Lipinski definition) is 1. The molecule has 1 aliphatic rings. The summed E-state index contributed by atoms with van der Waals surface area (Å²) in [7, 11) is 1.78. The second-order valence-electron chi connectivity index (χ2n) is 5.92. The van der Waals surface area contributed by atoms with Crippen LogP contribution in [-0.4, -0.2) is 27.7 Å². The first-order chi connectivity index (χ1) is 8.95. The number of methoxy groups -OCH3 is 1. The van der Waals surface area contributed by atoms with Gasteiger partial charge in [-0.1, -0.05) is 13.8 Å². The van der Waals surface area contributed by atoms with E-state index in [4.69, 9.17) is 17.0 Å². The van der Waals surface area contributed by atoms with E-state index < -0.39 is 0 Å². The van der Waals surface area contributed by atoms with Crippen molar-refractivity contribution in [3.05, 3.63) is 22.6 Å². The largest absolute Gasteiger partial charge is 0.381 e. The van der Waals surface area contributed by atoms with Crippen LogP contribution >= 0.6 is 12.2 Å². The number of rotatable bonds is 2. The fourth-order valence-electron chi connectivity index (χ4n) is 3.09. The van der Waals surface area contributed by atoms with Crippen LogP contribution in [0.25, 0.3) is 11.2 Å². The number of nitrogens with zero attached hydrogens (tertiary/aromatic N) is 2. The van der Waals surface area contributed by atoms with E-state index in [0.29, 0.717) is 6.04 Å². The Morgan fingerprint density at radius 2 is 2.21 bits per heavy atom. The number of aryl methyl sites for hydroxylation is 1. The summed E-state index contributed by atoms with van der Waals surface area (Å²) in [5, 5.41) is 0. The van der Waals surface area contributed by atoms with Crippen LogP contribution in [0.2, 0.25) is 0 Å². The summed E-state index contributed by atoms with van der Waals surface area (Å²) >= 11 is 5.48. The third-order valence-corrected chi connectivity index (χ3v) is 4.72. The molecule has 0 radical (unpaired) electrons. The van der Waals surface area contributed by atoms with E-state index in [2.05, 4.69) is 28.4 Å². The average Bonchev–Trinajstić information content (AvgIpc) is 2.65. The average molecular weight is 277 g/mol. The highest BCUT2D eigenvalue weighted by atomic mass is 32.1. The lowest BCUT2D eigenvalue weighted by Gasteiger charge is -2.51. The van der Waals surface area contributed by atoms with Crippen molar-refractivity contribution < 1.29 is 4.74 Å². The Labute approximate surface area is 117 Å². The van der Waals surface area contributed by atoms with E-state index in [9.17, 15) is 0 Å². The van der Waals surface area contributed by atoms with Crippen molar-refractivity contribution in [2.75, 3.05) is 7.11 Å². The van der Waals surface area contributed by atoms with Crippen molar-refractivity contribution in [2.24, 2.45) is 5.41 Å². The Kier molecular flexibility index (Phi) is 2.80. The lowest BCUT2D eigenvalue weighted by atomic mass is 9.64. The molecular formula is C14H19N3OS.